The predicted octanol–water partition coefficient (Wildman–Crippen LogP) is 3.98. The number of benzene rings is 3. The maximum absolute atomic E-state index is 14.3. The number of hydrogen-bond donors (Lipinski definition) is 3. The van der Waals surface area contributed by atoms with E-state index in [2.05, 4.69) is 16.1 Å². The zero-order chi connectivity index (χ0) is 25.0. The van der Waals surface area contributed by atoms with Crippen molar-refractivity contribution in [1.29, 1.82) is 0 Å². The van der Waals surface area contributed by atoms with Crippen LogP contribution in [0.3, 0.4) is 0 Å². The van der Waals surface area contributed by atoms with E-state index in [4.69, 9.17) is 4.84 Å². The summed E-state index contributed by atoms with van der Waals surface area (Å²) in [4.78, 5) is 32.4. The molecular weight excluding hydrogens is 447 g/mol. The Hall–Kier alpha value is -3.75. The normalized spacial score (nSPS) is 10.7. The second-order valence-corrected chi connectivity index (χ2v) is 8.33. The van der Waals surface area contributed by atoms with E-state index in [0.29, 0.717) is 29.9 Å². The first-order valence-electron chi connectivity index (χ1n) is 11.4. The summed E-state index contributed by atoms with van der Waals surface area (Å²) >= 11 is 0. The maximum atomic E-state index is 14.3. The number of rotatable bonds is 12. The molecule has 3 aromatic carbocycles. The van der Waals surface area contributed by atoms with Crippen molar-refractivity contribution in [1.82, 2.24) is 15.7 Å². The molecule has 0 atom stereocenters. The molecule has 3 aromatic rings. The lowest BCUT2D eigenvalue weighted by Gasteiger charge is -2.13. The number of carbonyl (C=O) groups excluding carboxylic acids is 2. The van der Waals surface area contributed by atoms with Crippen LogP contribution in [-0.4, -0.2) is 43.9 Å². The minimum atomic E-state index is -0.575. The number of hydroxylamine groups is 1. The number of anilines is 1. The first kappa shape index (κ1) is 25.9. The average Bonchev–Trinajstić information content (AvgIpc) is 2.86. The summed E-state index contributed by atoms with van der Waals surface area (Å²) in [5.74, 6) is -1.41. The Bertz CT molecular complexity index is 1120. The van der Waals surface area contributed by atoms with Crippen LogP contribution in [0.2, 0.25) is 0 Å². The van der Waals surface area contributed by atoms with Crippen molar-refractivity contribution in [3.05, 3.63) is 101 Å². The Morgan fingerprint density at radius 2 is 1.63 bits per heavy atom. The van der Waals surface area contributed by atoms with E-state index in [1.165, 1.54) is 12.1 Å². The summed E-state index contributed by atoms with van der Waals surface area (Å²) in [6.45, 7) is 1.85. The molecule has 0 saturated carbocycles. The molecule has 0 fully saturated rings. The molecule has 2 amide bonds. The highest BCUT2D eigenvalue weighted by molar-refractivity contribution is 5.99. The van der Waals surface area contributed by atoms with E-state index in [1.807, 2.05) is 49.3 Å². The fourth-order valence-electron chi connectivity index (χ4n) is 3.40. The predicted molar refractivity (Wildman–Crippen MR) is 134 cm³/mol. The molecule has 0 aliphatic carbocycles. The van der Waals surface area contributed by atoms with Gasteiger partial charge in [0.25, 0.3) is 11.8 Å². The van der Waals surface area contributed by atoms with Crippen molar-refractivity contribution in [2.45, 2.75) is 19.6 Å². The van der Waals surface area contributed by atoms with Gasteiger partial charge in [0.1, 0.15) is 5.82 Å². The van der Waals surface area contributed by atoms with Gasteiger partial charge in [-0.2, -0.15) is 0 Å². The number of halogens is 1. The van der Waals surface area contributed by atoms with Gasteiger partial charge in [0.2, 0.25) is 0 Å². The van der Waals surface area contributed by atoms with Crippen LogP contribution in [0.4, 0.5) is 10.1 Å². The van der Waals surface area contributed by atoms with Crippen molar-refractivity contribution in [2.24, 2.45) is 0 Å². The molecule has 0 unspecified atom stereocenters. The fraction of sp³-hybridized carbons (Fsp3) is 0.259. The Morgan fingerprint density at radius 1 is 0.886 bits per heavy atom. The van der Waals surface area contributed by atoms with Crippen LogP contribution in [0, 0.1) is 5.82 Å². The Kier molecular flexibility index (Phi) is 9.77. The number of nitrogens with zero attached hydrogens (tertiary/aromatic N) is 1. The zero-order valence-electron chi connectivity index (χ0n) is 20.0. The van der Waals surface area contributed by atoms with Gasteiger partial charge in [-0.3, -0.25) is 14.4 Å². The minimum absolute atomic E-state index is 0.00510. The van der Waals surface area contributed by atoms with Gasteiger partial charge < -0.3 is 15.5 Å². The second kappa shape index (κ2) is 13.2. The molecule has 8 heteroatoms. The molecule has 35 heavy (non-hydrogen) atoms. The second-order valence-electron chi connectivity index (χ2n) is 8.33. The van der Waals surface area contributed by atoms with Crippen LogP contribution in [0.25, 0.3) is 0 Å². The summed E-state index contributed by atoms with van der Waals surface area (Å²) in [5, 5.41) is 5.95. The highest BCUT2D eigenvalue weighted by Gasteiger charge is 2.14. The average molecular weight is 479 g/mol. The molecule has 0 spiro atoms. The van der Waals surface area contributed by atoms with E-state index in [9.17, 15) is 14.0 Å². The Labute approximate surface area is 205 Å². The molecule has 0 heterocycles. The lowest BCUT2D eigenvalue weighted by Crippen LogP contribution is -2.28. The quantitative estimate of drug-likeness (QED) is 0.271. The van der Waals surface area contributed by atoms with Crippen molar-refractivity contribution in [3.63, 3.8) is 0 Å². The van der Waals surface area contributed by atoms with Crippen LogP contribution < -0.4 is 16.1 Å². The molecule has 0 aliphatic heterocycles. The number of carbonyl (C=O) groups is 2. The van der Waals surface area contributed by atoms with Gasteiger partial charge in [-0.1, -0.05) is 48.5 Å². The third kappa shape index (κ3) is 8.20. The van der Waals surface area contributed by atoms with Gasteiger partial charge in [-0.25, -0.2) is 9.87 Å². The van der Waals surface area contributed by atoms with E-state index in [1.54, 1.807) is 30.3 Å². The van der Waals surface area contributed by atoms with Crippen LogP contribution in [-0.2, 0) is 18.0 Å². The van der Waals surface area contributed by atoms with E-state index >= 15 is 0 Å². The standard InChI is InChI=1S/C27H31FN4O3/c1-32(2)16-8-15-29-26(33)23-17-21(13-14-24(23)28)18-30-25-12-7-6-11-22(25)27(34)31-35-19-20-9-4-3-5-10-20/h3-7,9-14,17,30H,8,15-16,18-19H2,1-2H3,(H,29,33)(H,31,34). The van der Waals surface area contributed by atoms with Crippen LogP contribution in [0.1, 0.15) is 38.3 Å². The number of para-hydroxylation sites is 1. The summed E-state index contributed by atoms with van der Waals surface area (Å²) in [7, 11) is 3.91. The zero-order valence-corrected chi connectivity index (χ0v) is 20.0. The van der Waals surface area contributed by atoms with Gasteiger partial charge in [-0.15, -0.1) is 0 Å². The molecule has 184 valence electrons. The molecule has 3 N–H and O–H groups in total. The number of amides is 2. The van der Waals surface area contributed by atoms with Gasteiger partial charge in [-0.05, 0) is 62.5 Å². The first-order chi connectivity index (χ1) is 16.9. The lowest BCUT2D eigenvalue weighted by molar-refractivity contribution is 0.0234. The largest absolute Gasteiger partial charge is 0.380 e. The third-order valence-electron chi connectivity index (χ3n) is 5.24. The highest BCUT2D eigenvalue weighted by Crippen LogP contribution is 2.18. The smallest absolute Gasteiger partial charge is 0.276 e. The van der Waals surface area contributed by atoms with E-state index in [-0.39, 0.29) is 18.1 Å². The Morgan fingerprint density at radius 3 is 2.40 bits per heavy atom. The van der Waals surface area contributed by atoms with E-state index in [0.717, 1.165) is 18.5 Å². The monoisotopic (exact) mass is 478 g/mol. The van der Waals surface area contributed by atoms with Gasteiger partial charge >= 0.3 is 0 Å². The van der Waals surface area contributed by atoms with Gasteiger partial charge in [0.15, 0.2) is 0 Å². The van der Waals surface area contributed by atoms with Crippen molar-refractivity contribution < 1.29 is 18.8 Å². The van der Waals surface area contributed by atoms with Crippen molar-refractivity contribution >= 4 is 17.5 Å². The summed E-state index contributed by atoms with van der Waals surface area (Å²) in [5.41, 5.74) is 5.10. The molecule has 3 rings (SSSR count). The lowest BCUT2D eigenvalue weighted by atomic mass is 10.1. The molecular formula is C27H31FN4O3. The molecule has 7 nitrogen and oxygen atoms in total. The van der Waals surface area contributed by atoms with Crippen LogP contribution in [0.15, 0.2) is 72.8 Å². The third-order valence-corrected chi connectivity index (χ3v) is 5.24. The fourth-order valence-corrected chi connectivity index (χ4v) is 3.40. The molecule has 0 aromatic heterocycles. The molecule has 0 aliphatic rings. The van der Waals surface area contributed by atoms with Crippen LogP contribution in [0.5, 0.6) is 0 Å². The van der Waals surface area contributed by atoms with Gasteiger partial charge in [0.05, 0.1) is 17.7 Å². The topological polar surface area (TPSA) is 82.7 Å². The van der Waals surface area contributed by atoms with Crippen molar-refractivity contribution in [3.8, 4) is 0 Å². The molecule has 0 saturated heterocycles. The number of hydrogen-bond acceptors (Lipinski definition) is 5. The molecule has 0 radical (unpaired) electrons. The Balaban J connectivity index is 1.58. The molecule has 0 bridgehead atoms. The number of nitrogens with one attached hydrogen (secondary N) is 3. The summed E-state index contributed by atoms with van der Waals surface area (Å²) < 4.78 is 14.3. The summed E-state index contributed by atoms with van der Waals surface area (Å²) in [6.07, 6.45) is 0.773. The highest BCUT2D eigenvalue weighted by atomic mass is 19.1. The van der Waals surface area contributed by atoms with Crippen LogP contribution >= 0.6 is 0 Å². The van der Waals surface area contributed by atoms with Crippen molar-refractivity contribution in [2.75, 3.05) is 32.5 Å². The van der Waals surface area contributed by atoms with E-state index < -0.39 is 11.7 Å². The SMILES string of the molecule is CN(C)CCCNC(=O)c1cc(CNc2ccccc2C(=O)NOCc2ccccc2)ccc1F. The maximum Gasteiger partial charge on any atom is 0.276 e. The van der Waals surface area contributed by atoms with Gasteiger partial charge in [0, 0.05) is 18.8 Å². The first-order valence-corrected chi connectivity index (χ1v) is 11.4. The minimum Gasteiger partial charge on any atom is -0.380 e. The summed E-state index contributed by atoms with van der Waals surface area (Å²) in [6, 6.07) is 20.9.